The number of esters is 1. The third kappa shape index (κ3) is 3.86. The number of halogens is 1. The first-order valence-corrected chi connectivity index (χ1v) is 8.55. The Morgan fingerprint density at radius 1 is 1.11 bits per heavy atom. The molecule has 6 nitrogen and oxygen atoms in total. The quantitative estimate of drug-likeness (QED) is 0.716. The lowest BCUT2D eigenvalue weighted by Gasteiger charge is -2.21. The third-order valence-corrected chi connectivity index (χ3v) is 4.07. The van der Waals surface area contributed by atoms with Crippen LogP contribution in [-0.2, 0) is 16.1 Å². The van der Waals surface area contributed by atoms with Crippen LogP contribution in [0.1, 0.15) is 31.3 Å². The molecule has 0 radical (unpaired) electrons. The summed E-state index contributed by atoms with van der Waals surface area (Å²) >= 11 is 0. The monoisotopic (exact) mass is 371 g/mol. The maximum atomic E-state index is 13.2. The van der Waals surface area contributed by atoms with Crippen molar-refractivity contribution in [3.8, 4) is 5.69 Å². The van der Waals surface area contributed by atoms with E-state index in [-0.39, 0.29) is 29.5 Å². The van der Waals surface area contributed by atoms with Crippen LogP contribution in [0.15, 0.2) is 42.6 Å². The summed E-state index contributed by atoms with van der Waals surface area (Å²) in [4.78, 5) is 24.6. The highest BCUT2D eigenvalue weighted by atomic mass is 19.1. The standard InChI is InChI=1S/C20H22FN3O3/c1-20(2,3)22-18(25)12-24-15-9-10-23(14-7-5-13(21)6-8-14)16(15)11-17(24)19(26)27-4/h5-11H,12H2,1-4H3,(H,22,25). The molecule has 27 heavy (non-hydrogen) atoms. The van der Waals surface area contributed by atoms with Crippen LogP contribution >= 0.6 is 0 Å². The number of carbonyl (C=O) groups excluding carboxylic acids is 2. The number of rotatable bonds is 4. The van der Waals surface area contributed by atoms with Crippen molar-refractivity contribution >= 4 is 22.9 Å². The Hall–Kier alpha value is -3.09. The molecule has 2 aromatic heterocycles. The summed E-state index contributed by atoms with van der Waals surface area (Å²) in [6, 6.07) is 9.53. The summed E-state index contributed by atoms with van der Waals surface area (Å²) < 4.78 is 21.6. The van der Waals surface area contributed by atoms with E-state index < -0.39 is 5.97 Å². The van der Waals surface area contributed by atoms with Crippen LogP contribution < -0.4 is 5.32 Å². The normalized spacial score (nSPS) is 11.6. The van der Waals surface area contributed by atoms with Gasteiger partial charge in [-0.05, 0) is 57.2 Å². The lowest BCUT2D eigenvalue weighted by atomic mass is 10.1. The second-order valence-corrected chi connectivity index (χ2v) is 7.34. The molecule has 0 bridgehead atoms. The highest BCUT2D eigenvalue weighted by Crippen LogP contribution is 2.25. The van der Waals surface area contributed by atoms with Crippen molar-refractivity contribution in [3.05, 3.63) is 54.1 Å². The van der Waals surface area contributed by atoms with E-state index in [0.29, 0.717) is 5.52 Å². The van der Waals surface area contributed by atoms with Gasteiger partial charge in [0, 0.05) is 17.4 Å². The van der Waals surface area contributed by atoms with Gasteiger partial charge in [-0.25, -0.2) is 9.18 Å². The maximum Gasteiger partial charge on any atom is 0.354 e. The fourth-order valence-corrected chi connectivity index (χ4v) is 3.02. The van der Waals surface area contributed by atoms with Crippen molar-refractivity contribution < 1.29 is 18.7 Å². The zero-order valence-corrected chi connectivity index (χ0v) is 15.7. The molecule has 0 unspecified atom stereocenters. The fourth-order valence-electron chi connectivity index (χ4n) is 3.02. The fraction of sp³-hybridized carbons (Fsp3) is 0.300. The lowest BCUT2D eigenvalue weighted by molar-refractivity contribution is -0.123. The molecular formula is C20H22FN3O3. The molecule has 3 aromatic rings. The van der Waals surface area contributed by atoms with Gasteiger partial charge in [0.05, 0.1) is 18.1 Å². The number of aromatic nitrogens is 2. The molecule has 1 amide bonds. The van der Waals surface area contributed by atoms with Crippen molar-refractivity contribution in [1.29, 1.82) is 0 Å². The van der Waals surface area contributed by atoms with Crippen LogP contribution in [0, 0.1) is 5.82 Å². The number of hydrogen-bond donors (Lipinski definition) is 1. The van der Waals surface area contributed by atoms with E-state index in [2.05, 4.69) is 5.32 Å². The number of methoxy groups -OCH3 is 1. The van der Waals surface area contributed by atoms with Gasteiger partial charge in [0.1, 0.15) is 18.1 Å². The lowest BCUT2D eigenvalue weighted by Crippen LogP contribution is -2.42. The van der Waals surface area contributed by atoms with Gasteiger partial charge in [0.2, 0.25) is 5.91 Å². The Bertz CT molecular complexity index is 994. The van der Waals surface area contributed by atoms with Gasteiger partial charge in [0.25, 0.3) is 0 Å². The molecule has 1 aromatic carbocycles. The number of benzene rings is 1. The van der Waals surface area contributed by atoms with Gasteiger partial charge in [0.15, 0.2) is 0 Å². The molecular weight excluding hydrogens is 349 g/mol. The second-order valence-electron chi connectivity index (χ2n) is 7.34. The molecule has 7 heteroatoms. The highest BCUT2D eigenvalue weighted by molar-refractivity contribution is 5.96. The molecule has 0 atom stereocenters. The van der Waals surface area contributed by atoms with E-state index >= 15 is 0 Å². The van der Waals surface area contributed by atoms with Gasteiger partial charge in [-0.2, -0.15) is 0 Å². The summed E-state index contributed by atoms with van der Waals surface area (Å²) in [6.07, 6.45) is 1.82. The largest absolute Gasteiger partial charge is 0.464 e. The molecule has 0 aliphatic carbocycles. The van der Waals surface area contributed by atoms with Crippen molar-refractivity contribution in [1.82, 2.24) is 14.5 Å². The molecule has 3 rings (SSSR count). The smallest absolute Gasteiger partial charge is 0.354 e. The van der Waals surface area contributed by atoms with E-state index in [4.69, 9.17) is 4.74 Å². The summed E-state index contributed by atoms with van der Waals surface area (Å²) in [5, 5.41) is 2.89. The number of nitrogens with zero attached hydrogens (tertiary/aromatic N) is 2. The zero-order valence-electron chi connectivity index (χ0n) is 15.7. The van der Waals surface area contributed by atoms with Gasteiger partial charge in [-0.1, -0.05) is 0 Å². The number of carbonyl (C=O) groups is 2. The maximum absolute atomic E-state index is 13.2. The number of nitrogens with one attached hydrogen (secondary N) is 1. The minimum atomic E-state index is -0.527. The number of fused-ring (bicyclic) bond motifs is 1. The molecule has 0 aliphatic heterocycles. The predicted molar refractivity (Wildman–Crippen MR) is 100 cm³/mol. The van der Waals surface area contributed by atoms with Crippen molar-refractivity contribution in [2.45, 2.75) is 32.9 Å². The topological polar surface area (TPSA) is 65.3 Å². The molecule has 142 valence electrons. The minimum Gasteiger partial charge on any atom is -0.464 e. The van der Waals surface area contributed by atoms with E-state index in [1.165, 1.54) is 19.2 Å². The van der Waals surface area contributed by atoms with Crippen molar-refractivity contribution in [2.24, 2.45) is 0 Å². The highest BCUT2D eigenvalue weighted by Gasteiger charge is 2.22. The van der Waals surface area contributed by atoms with Gasteiger partial charge in [-0.3, -0.25) is 4.79 Å². The van der Waals surface area contributed by atoms with Crippen LogP contribution in [0.4, 0.5) is 4.39 Å². The van der Waals surface area contributed by atoms with E-state index in [9.17, 15) is 14.0 Å². The van der Waals surface area contributed by atoms with Crippen LogP contribution in [0.25, 0.3) is 16.7 Å². The molecule has 1 N–H and O–H groups in total. The Kier molecular flexibility index (Phi) is 4.78. The number of ether oxygens (including phenoxy) is 1. The van der Waals surface area contributed by atoms with Crippen LogP contribution in [0.5, 0.6) is 0 Å². The summed E-state index contributed by atoms with van der Waals surface area (Å²) in [7, 11) is 1.30. The predicted octanol–water partition coefficient (Wildman–Crippen LogP) is 3.27. The van der Waals surface area contributed by atoms with Crippen molar-refractivity contribution in [2.75, 3.05) is 7.11 Å². The molecule has 0 spiro atoms. The van der Waals surface area contributed by atoms with Gasteiger partial charge >= 0.3 is 5.97 Å². The molecule has 0 aliphatic rings. The van der Waals surface area contributed by atoms with Crippen molar-refractivity contribution in [3.63, 3.8) is 0 Å². The Labute approximate surface area is 156 Å². The Balaban J connectivity index is 2.07. The first-order valence-electron chi connectivity index (χ1n) is 8.55. The van der Waals surface area contributed by atoms with Crippen LogP contribution in [0.2, 0.25) is 0 Å². The average Bonchev–Trinajstić information content (AvgIpc) is 3.14. The van der Waals surface area contributed by atoms with Crippen LogP contribution in [-0.4, -0.2) is 33.7 Å². The summed E-state index contributed by atoms with van der Waals surface area (Å²) in [6.45, 7) is 5.66. The SMILES string of the molecule is COC(=O)c1cc2c(ccn2-c2ccc(F)cc2)n1CC(=O)NC(C)(C)C. The molecule has 2 heterocycles. The number of amides is 1. The molecule has 0 saturated carbocycles. The summed E-state index contributed by atoms with van der Waals surface area (Å²) in [5.41, 5.74) is 2.09. The number of hydrogen-bond acceptors (Lipinski definition) is 3. The van der Waals surface area contributed by atoms with Gasteiger partial charge < -0.3 is 19.2 Å². The molecule has 0 fully saturated rings. The molecule has 0 saturated heterocycles. The Morgan fingerprint density at radius 2 is 1.78 bits per heavy atom. The first kappa shape index (κ1) is 18.7. The zero-order chi connectivity index (χ0) is 19.8. The minimum absolute atomic E-state index is 0.0152. The van der Waals surface area contributed by atoms with E-state index in [1.54, 1.807) is 22.8 Å². The third-order valence-electron chi connectivity index (χ3n) is 4.07. The van der Waals surface area contributed by atoms with Gasteiger partial charge in [-0.15, -0.1) is 0 Å². The van der Waals surface area contributed by atoms with E-state index in [1.807, 2.05) is 37.6 Å². The average molecular weight is 371 g/mol. The first-order chi connectivity index (χ1) is 12.7. The Morgan fingerprint density at radius 3 is 2.37 bits per heavy atom. The van der Waals surface area contributed by atoms with Crippen LogP contribution in [0.3, 0.4) is 0 Å². The van der Waals surface area contributed by atoms with E-state index in [0.717, 1.165) is 11.2 Å². The second kappa shape index (κ2) is 6.90. The summed E-state index contributed by atoms with van der Waals surface area (Å²) in [5.74, 6) is -1.06.